The number of aromatic amines is 1. The van der Waals surface area contributed by atoms with E-state index in [1.165, 1.54) is 22.6 Å². The average Bonchev–Trinajstić information content (AvgIpc) is 3.80. The molecule has 2 aliphatic heterocycles. The first-order chi connectivity index (χ1) is 31.1. The first-order valence-corrected chi connectivity index (χ1v) is 21.7. The lowest BCUT2D eigenvalue weighted by Gasteiger charge is -2.43. The second-order valence-electron chi connectivity index (χ2n) is 16.6. The number of H-pyrrole nitrogens is 1. The number of carbonyl (C=O) groups excluding carboxylic acids is 6. The summed E-state index contributed by atoms with van der Waals surface area (Å²) in [6.45, 7) is 0.0635. The number of carbonyl (C=O) groups is 6. The summed E-state index contributed by atoms with van der Waals surface area (Å²) in [6.07, 6.45) is 9.04. The summed E-state index contributed by atoms with van der Waals surface area (Å²) in [5.74, 6) is -2.80. The van der Waals surface area contributed by atoms with Crippen LogP contribution in [0.15, 0.2) is 95.9 Å². The monoisotopic (exact) mass is 862 g/mol. The Hall–Kier alpha value is -7.49. The number of amides is 6. The van der Waals surface area contributed by atoms with Crippen LogP contribution >= 0.6 is 0 Å². The molecular formula is C48H46N8O8. The van der Waals surface area contributed by atoms with Crippen molar-refractivity contribution >= 4 is 52.0 Å². The molecule has 9 rings (SSSR count). The summed E-state index contributed by atoms with van der Waals surface area (Å²) in [5, 5.41) is 15.9. The highest BCUT2D eigenvalue weighted by Gasteiger charge is 2.46. The van der Waals surface area contributed by atoms with Crippen molar-refractivity contribution in [2.45, 2.75) is 82.2 Å². The number of unbranched alkanes of at least 4 members (excludes halogenated alkanes) is 4. The van der Waals surface area contributed by atoms with E-state index in [9.17, 15) is 33.6 Å². The van der Waals surface area contributed by atoms with Gasteiger partial charge in [0.1, 0.15) is 11.8 Å². The highest BCUT2D eigenvalue weighted by Crippen LogP contribution is 2.43. The number of pyridine rings is 2. The van der Waals surface area contributed by atoms with Gasteiger partial charge in [0.2, 0.25) is 17.7 Å². The van der Waals surface area contributed by atoms with Gasteiger partial charge in [-0.05, 0) is 73.9 Å². The minimum atomic E-state index is -1.10. The Morgan fingerprint density at radius 1 is 0.812 bits per heavy atom. The topological polar surface area (TPSA) is 214 Å². The summed E-state index contributed by atoms with van der Waals surface area (Å²) in [4.78, 5) is 94.4. The van der Waals surface area contributed by atoms with Crippen LogP contribution in [0, 0.1) is 0 Å². The fourth-order valence-corrected chi connectivity index (χ4v) is 8.93. The lowest BCUT2D eigenvalue weighted by atomic mass is 9.71. The summed E-state index contributed by atoms with van der Waals surface area (Å²) >= 11 is 0. The molecule has 0 radical (unpaired) electrons. The molecule has 0 spiro atoms. The summed E-state index contributed by atoms with van der Waals surface area (Å²) < 4.78 is 7.14. The van der Waals surface area contributed by atoms with Crippen molar-refractivity contribution in [3.63, 3.8) is 0 Å². The average molecular weight is 863 g/mol. The molecule has 1 saturated heterocycles. The van der Waals surface area contributed by atoms with E-state index < -0.39 is 35.2 Å². The molecule has 16 nitrogen and oxygen atoms in total. The zero-order valence-corrected chi connectivity index (χ0v) is 35.0. The predicted molar refractivity (Wildman–Crippen MR) is 235 cm³/mol. The quantitative estimate of drug-likeness (QED) is 0.0725. The molecule has 1 aliphatic carbocycles. The van der Waals surface area contributed by atoms with E-state index in [0.29, 0.717) is 18.6 Å². The molecule has 3 aromatic heterocycles. The molecule has 16 heteroatoms. The normalized spacial score (nSPS) is 16.7. The first-order valence-electron chi connectivity index (χ1n) is 21.7. The molecule has 326 valence electrons. The number of nitrogens with one attached hydrogen (secondary N) is 4. The summed E-state index contributed by atoms with van der Waals surface area (Å²) in [6, 6.07) is 25.6. The van der Waals surface area contributed by atoms with Crippen LogP contribution < -0.4 is 26.4 Å². The molecule has 5 heterocycles. The number of benzene rings is 3. The van der Waals surface area contributed by atoms with Crippen molar-refractivity contribution in [2.75, 3.05) is 13.2 Å². The maximum atomic E-state index is 13.3. The minimum Gasteiger partial charge on any atom is -0.483 e. The van der Waals surface area contributed by atoms with Crippen LogP contribution in [-0.4, -0.2) is 79.1 Å². The molecule has 4 N–H and O–H groups in total. The molecule has 3 aliphatic rings. The Morgan fingerprint density at radius 2 is 1.59 bits per heavy atom. The fourth-order valence-electron chi connectivity index (χ4n) is 8.93. The standard InChI is InChI=1S/C48H46N8O8/c57-38-21-20-36(44(60)51-38)56-45(61)32-13-9-14-37(41(32)46(56)62)64-28-40(59)49-25-8-3-1-2-7-15-39(58)52-48(23-10-24-48)31-18-16-30(17-19-31)42-33(29-11-5-4-6-12-29)27-34-35(50-42)22-26-55-43(34)53-54-47(55)63/h4-6,9,11-14,16-19,22,26-27,36H,1-3,7-8,10,15,20-21,23-25,28H2,(H,49,59)(H,52,58)(H,54,63)(H,51,57,60). The Balaban J connectivity index is 0.724. The molecule has 2 fully saturated rings. The van der Waals surface area contributed by atoms with Gasteiger partial charge in [0.05, 0.1) is 27.9 Å². The number of ether oxygens (including phenoxy) is 1. The van der Waals surface area contributed by atoms with Gasteiger partial charge in [-0.25, -0.2) is 19.3 Å². The van der Waals surface area contributed by atoms with Crippen molar-refractivity contribution in [1.82, 2.24) is 40.4 Å². The lowest BCUT2D eigenvalue weighted by Crippen LogP contribution is -2.54. The lowest BCUT2D eigenvalue weighted by molar-refractivity contribution is -0.136. The van der Waals surface area contributed by atoms with Gasteiger partial charge in [0, 0.05) is 42.1 Å². The van der Waals surface area contributed by atoms with Gasteiger partial charge < -0.3 is 15.4 Å². The van der Waals surface area contributed by atoms with E-state index in [1.54, 1.807) is 6.20 Å². The van der Waals surface area contributed by atoms with Crippen LogP contribution in [0.2, 0.25) is 0 Å². The zero-order chi connectivity index (χ0) is 44.4. The van der Waals surface area contributed by atoms with Crippen molar-refractivity contribution in [1.29, 1.82) is 0 Å². The minimum absolute atomic E-state index is 0.0107. The van der Waals surface area contributed by atoms with Crippen LogP contribution in [0.5, 0.6) is 5.75 Å². The summed E-state index contributed by atoms with van der Waals surface area (Å²) in [7, 11) is 0. The fraction of sp³-hybridized carbons (Fsp3) is 0.312. The Kier molecular flexibility index (Phi) is 11.6. The summed E-state index contributed by atoms with van der Waals surface area (Å²) in [5.41, 5.74) is 5.31. The highest BCUT2D eigenvalue weighted by atomic mass is 16.5. The third-order valence-corrected chi connectivity index (χ3v) is 12.5. The van der Waals surface area contributed by atoms with Gasteiger partial charge in [-0.3, -0.25) is 39.0 Å². The SMILES string of the molecule is O=C(COc1cccc2c1C(=O)N(C1CCC(=O)NC1=O)C2=O)NCCCCCCCC(=O)NC1(c2ccc(-c3nc4ccn5c(=O)[nH]nc5c4cc3-c3ccccc3)cc2)CCC1. The maximum Gasteiger partial charge on any atom is 0.347 e. The van der Waals surface area contributed by atoms with Gasteiger partial charge in [-0.2, -0.15) is 5.10 Å². The van der Waals surface area contributed by atoms with Crippen molar-refractivity contribution in [3.8, 4) is 28.1 Å². The van der Waals surface area contributed by atoms with Crippen molar-refractivity contribution in [2.24, 2.45) is 0 Å². The third kappa shape index (κ3) is 8.14. The van der Waals surface area contributed by atoms with Crippen LogP contribution in [0.1, 0.15) is 96.9 Å². The number of rotatable bonds is 16. The number of nitrogens with zero attached hydrogens (tertiary/aromatic N) is 4. The smallest absolute Gasteiger partial charge is 0.347 e. The van der Waals surface area contributed by atoms with E-state index in [-0.39, 0.29) is 53.8 Å². The molecule has 3 aromatic carbocycles. The van der Waals surface area contributed by atoms with Gasteiger partial charge in [-0.1, -0.05) is 79.9 Å². The van der Waals surface area contributed by atoms with E-state index in [4.69, 9.17) is 9.72 Å². The predicted octanol–water partition coefficient (Wildman–Crippen LogP) is 5.34. The molecule has 1 unspecified atom stereocenters. The zero-order valence-electron chi connectivity index (χ0n) is 35.0. The number of imide groups is 2. The maximum absolute atomic E-state index is 13.3. The number of piperidine rings is 1. The second-order valence-corrected chi connectivity index (χ2v) is 16.6. The van der Waals surface area contributed by atoms with Gasteiger partial charge in [-0.15, -0.1) is 0 Å². The molecule has 6 aromatic rings. The van der Waals surface area contributed by atoms with E-state index in [2.05, 4.69) is 50.4 Å². The molecule has 0 bridgehead atoms. The van der Waals surface area contributed by atoms with Gasteiger partial charge >= 0.3 is 5.69 Å². The van der Waals surface area contributed by atoms with E-state index in [0.717, 1.165) is 95.1 Å². The molecule has 6 amide bonds. The van der Waals surface area contributed by atoms with Crippen molar-refractivity contribution < 1.29 is 33.5 Å². The Morgan fingerprint density at radius 3 is 2.36 bits per heavy atom. The number of hydrogen-bond donors (Lipinski definition) is 4. The van der Waals surface area contributed by atoms with Gasteiger partial charge in [0.15, 0.2) is 12.3 Å². The Labute approximate surface area is 366 Å². The molecule has 64 heavy (non-hydrogen) atoms. The van der Waals surface area contributed by atoms with Crippen LogP contribution in [-0.2, 0) is 24.7 Å². The third-order valence-electron chi connectivity index (χ3n) is 12.5. The molecular weight excluding hydrogens is 817 g/mol. The molecule has 1 atom stereocenters. The second kappa shape index (κ2) is 17.7. The Bertz CT molecular complexity index is 2880. The van der Waals surface area contributed by atoms with E-state index >= 15 is 0 Å². The largest absolute Gasteiger partial charge is 0.483 e. The van der Waals surface area contributed by atoms with E-state index in [1.807, 2.05) is 42.5 Å². The van der Waals surface area contributed by atoms with Crippen LogP contribution in [0.4, 0.5) is 0 Å². The van der Waals surface area contributed by atoms with Crippen LogP contribution in [0.25, 0.3) is 38.9 Å². The number of aromatic nitrogens is 4. The van der Waals surface area contributed by atoms with Crippen LogP contribution in [0.3, 0.4) is 0 Å². The highest BCUT2D eigenvalue weighted by molar-refractivity contribution is 6.24. The number of fused-ring (bicyclic) bond motifs is 4. The number of hydrogen-bond acceptors (Lipinski definition) is 10. The molecule has 1 saturated carbocycles. The first kappa shape index (κ1) is 41.8. The van der Waals surface area contributed by atoms with Gasteiger partial charge in [0.25, 0.3) is 17.7 Å². The van der Waals surface area contributed by atoms with Crippen molar-refractivity contribution in [3.05, 3.63) is 118 Å².